The molecule has 1 aromatic carbocycles. The monoisotopic (exact) mass is 272 g/mol. The molecule has 0 radical (unpaired) electrons. The van der Waals surface area contributed by atoms with Crippen molar-refractivity contribution >= 4 is 37.4 Å². The molecule has 0 aliphatic rings. The molecule has 1 unspecified atom stereocenters. The van der Waals surface area contributed by atoms with Crippen molar-refractivity contribution in [2.45, 2.75) is 6.29 Å². The van der Waals surface area contributed by atoms with Gasteiger partial charge in [-0.1, -0.05) is 22.0 Å². The van der Waals surface area contributed by atoms with Gasteiger partial charge in [-0.3, -0.25) is 0 Å². The van der Waals surface area contributed by atoms with E-state index in [1.807, 2.05) is 24.3 Å². The standard InChI is InChI=1S/C10H9BrO2S/c1-13-10(12)9-4-6-2-3-7(11)5-8(6)14-9/h2-5,10,12H,1H3. The minimum absolute atomic E-state index is 0.814. The van der Waals surface area contributed by atoms with Crippen LogP contribution < -0.4 is 0 Å². The van der Waals surface area contributed by atoms with Crippen LogP contribution in [0.25, 0.3) is 10.1 Å². The zero-order chi connectivity index (χ0) is 10.1. The molecule has 0 amide bonds. The summed E-state index contributed by atoms with van der Waals surface area (Å²) in [5.41, 5.74) is 0. The van der Waals surface area contributed by atoms with Gasteiger partial charge in [0.15, 0.2) is 6.29 Å². The van der Waals surface area contributed by atoms with Crippen LogP contribution in [0.3, 0.4) is 0 Å². The number of rotatable bonds is 2. The SMILES string of the molecule is COC(O)c1cc2ccc(Br)cc2s1. The Morgan fingerprint density at radius 1 is 1.43 bits per heavy atom. The Bertz CT molecular complexity index is 452. The number of aliphatic hydroxyl groups excluding tert-OH is 1. The van der Waals surface area contributed by atoms with Crippen molar-refractivity contribution in [3.63, 3.8) is 0 Å². The summed E-state index contributed by atoms with van der Waals surface area (Å²) in [4.78, 5) is 0.834. The largest absolute Gasteiger partial charge is 0.364 e. The van der Waals surface area contributed by atoms with Crippen molar-refractivity contribution in [1.82, 2.24) is 0 Å². The normalized spacial score (nSPS) is 13.4. The Kier molecular flexibility index (Phi) is 2.88. The van der Waals surface area contributed by atoms with Gasteiger partial charge < -0.3 is 9.84 Å². The van der Waals surface area contributed by atoms with Crippen LogP contribution >= 0.6 is 27.3 Å². The zero-order valence-corrected chi connectivity index (χ0v) is 9.93. The Balaban J connectivity index is 2.51. The molecule has 1 heterocycles. The average molecular weight is 273 g/mol. The second-order valence-corrected chi connectivity index (χ2v) is 4.95. The second-order valence-electron chi connectivity index (χ2n) is 2.92. The Morgan fingerprint density at radius 2 is 2.21 bits per heavy atom. The van der Waals surface area contributed by atoms with Crippen molar-refractivity contribution in [3.8, 4) is 0 Å². The number of ether oxygens (including phenoxy) is 1. The lowest BCUT2D eigenvalue weighted by Gasteiger charge is -2.03. The third kappa shape index (κ3) is 1.83. The highest BCUT2D eigenvalue weighted by atomic mass is 79.9. The number of thiophene rings is 1. The van der Waals surface area contributed by atoms with Crippen LogP contribution in [0.1, 0.15) is 11.2 Å². The van der Waals surface area contributed by atoms with Gasteiger partial charge >= 0.3 is 0 Å². The van der Waals surface area contributed by atoms with E-state index in [-0.39, 0.29) is 0 Å². The van der Waals surface area contributed by atoms with E-state index >= 15 is 0 Å². The molecule has 0 fully saturated rings. The fraction of sp³-hybridized carbons (Fsp3) is 0.200. The van der Waals surface area contributed by atoms with E-state index in [2.05, 4.69) is 15.9 Å². The van der Waals surface area contributed by atoms with Crippen molar-refractivity contribution in [3.05, 3.63) is 33.6 Å². The highest BCUT2D eigenvalue weighted by molar-refractivity contribution is 9.10. The van der Waals surface area contributed by atoms with Crippen molar-refractivity contribution < 1.29 is 9.84 Å². The van der Waals surface area contributed by atoms with Crippen LogP contribution in [0.15, 0.2) is 28.7 Å². The molecule has 4 heteroatoms. The highest BCUT2D eigenvalue weighted by Crippen LogP contribution is 2.31. The summed E-state index contributed by atoms with van der Waals surface area (Å²) in [6.07, 6.45) is -0.814. The molecule has 74 valence electrons. The van der Waals surface area contributed by atoms with Gasteiger partial charge in [0.2, 0.25) is 0 Å². The topological polar surface area (TPSA) is 29.5 Å². The first-order chi connectivity index (χ1) is 6.70. The first-order valence-electron chi connectivity index (χ1n) is 4.10. The van der Waals surface area contributed by atoms with Crippen LogP contribution in [0.5, 0.6) is 0 Å². The van der Waals surface area contributed by atoms with E-state index in [4.69, 9.17) is 4.74 Å². The summed E-state index contributed by atoms with van der Waals surface area (Å²) in [6, 6.07) is 7.98. The van der Waals surface area contributed by atoms with Crippen LogP contribution in [-0.2, 0) is 4.74 Å². The minimum atomic E-state index is -0.814. The number of fused-ring (bicyclic) bond motifs is 1. The maximum Gasteiger partial charge on any atom is 0.190 e. The molecule has 0 aliphatic carbocycles. The van der Waals surface area contributed by atoms with Gasteiger partial charge in [-0.25, -0.2) is 0 Å². The average Bonchev–Trinajstić information content (AvgIpc) is 2.59. The van der Waals surface area contributed by atoms with Crippen LogP contribution in [0.2, 0.25) is 0 Å². The number of aliphatic hydroxyl groups is 1. The van der Waals surface area contributed by atoms with Gasteiger partial charge in [0.05, 0.1) is 4.88 Å². The van der Waals surface area contributed by atoms with E-state index in [1.165, 1.54) is 18.4 Å². The highest BCUT2D eigenvalue weighted by Gasteiger charge is 2.09. The van der Waals surface area contributed by atoms with Gasteiger partial charge in [0, 0.05) is 16.3 Å². The van der Waals surface area contributed by atoms with Gasteiger partial charge in [-0.2, -0.15) is 0 Å². The summed E-state index contributed by atoms with van der Waals surface area (Å²) in [7, 11) is 1.49. The van der Waals surface area contributed by atoms with Gasteiger partial charge in [0.25, 0.3) is 0 Å². The van der Waals surface area contributed by atoms with Gasteiger partial charge in [-0.15, -0.1) is 11.3 Å². The molecule has 0 bridgehead atoms. The van der Waals surface area contributed by atoms with E-state index in [1.54, 1.807) is 0 Å². The summed E-state index contributed by atoms with van der Waals surface area (Å²) in [5, 5.41) is 10.6. The molecule has 2 aromatic rings. The zero-order valence-electron chi connectivity index (χ0n) is 7.53. The minimum Gasteiger partial charge on any atom is -0.364 e. The molecule has 0 spiro atoms. The van der Waals surface area contributed by atoms with Crippen LogP contribution in [-0.4, -0.2) is 12.2 Å². The molecular weight excluding hydrogens is 264 g/mol. The lowest BCUT2D eigenvalue weighted by Crippen LogP contribution is -1.95. The Hall–Kier alpha value is -0.420. The lowest BCUT2D eigenvalue weighted by molar-refractivity contribution is -0.0742. The molecule has 1 aromatic heterocycles. The Labute approximate surface area is 94.3 Å². The predicted molar refractivity (Wildman–Crippen MR) is 61.5 cm³/mol. The smallest absolute Gasteiger partial charge is 0.190 e. The molecule has 1 N–H and O–H groups in total. The van der Waals surface area contributed by atoms with E-state index in [0.717, 1.165) is 19.4 Å². The maximum absolute atomic E-state index is 9.48. The number of benzene rings is 1. The van der Waals surface area contributed by atoms with Crippen molar-refractivity contribution in [2.75, 3.05) is 7.11 Å². The number of hydrogen-bond donors (Lipinski definition) is 1. The summed E-state index contributed by atoms with van der Waals surface area (Å²) in [5.74, 6) is 0. The van der Waals surface area contributed by atoms with E-state index in [0.29, 0.717) is 0 Å². The van der Waals surface area contributed by atoms with Crippen molar-refractivity contribution in [2.24, 2.45) is 0 Å². The molecule has 0 saturated carbocycles. The summed E-state index contributed by atoms with van der Waals surface area (Å²) < 4.78 is 7.04. The van der Waals surface area contributed by atoms with Crippen molar-refractivity contribution in [1.29, 1.82) is 0 Å². The molecule has 0 saturated heterocycles. The fourth-order valence-corrected chi connectivity index (χ4v) is 2.84. The maximum atomic E-state index is 9.48. The molecule has 2 nitrogen and oxygen atoms in total. The first kappa shape index (κ1) is 10.1. The molecule has 2 rings (SSSR count). The third-order valence-corrected chi connectivity index (χ3v) is 3.59. The lowest BCUT2D eigenvalue weighted by atomic mass is 10.2. The number of hydrogen-bond acceptors (Lipinski definition) is 3. The van der Waals surface area contributed by atoms with Gasteiger partial charge in [0.1, 0.15) is 0 Å². The second kappa shape index (κ2) is 3.98. The van der Waals surface area contributed by atoms with Crippen LogP contribution in [0, 0.1) is 0 Å². The third-order valence-electron chi connectivity index (χ3n) is 1.97. The molecule has 14 heavy (non-hydrogen) atoms. The molecular formula is C10H9BrO2S. The summed E-state index contributed by atoms with van der Waals surface area (Å²) >= 11 is 4.95. The van der Waals surface area contributed by atoms with E-state index < -0.39 is 6.29 Å². The first-order valence-corrected chi connectivity index (χ1v) is 5.71. The number of methoxy groups -OCH3 is 1. The Morgan fingerprint density at radius 3 is 2.93 bits per heavy atom. The molecule has 0 aliphatic heterocycles. The predicted octanol–water partition coefficient (Wildman–Crippen LogP) is 3.30. The van der Waals surface area contributed by atoms with Gasteiger partial charge in [-0.05, 0) is 23.6 Å². The van der Waals surface area contributed by atoms with Crippen LogP contribution in [0.4, 0.5) is 0 Å². The number of halogens is 1. The summed E-state index contributed by atoms with van der Waals surface area (Å²) in [6.45, 7) is 0. The van der Waals surface area contributed by atoms with E-state index in [9.17, 15) is 5.11 Å². The fourth-order valence-electron chi connectivity index (χ4n) is 1.26. The quantitative estimate of drug-likeness (QED) is 0.851. The molecule has 1 atom stereocenters.